The molecule has 182 valence electrons. The van der Waals surface area contributed by atoms with Crippen LogP contribution in [-0.2, 0) is 19.1 Å². The Bertz CT molecular complexity index is 953. The van der Waals surface area contributed by atoms with Crippen molar-refractivity contribution < 1.29 is 28.6 Å². The Kier molecular flexibility index (Phi) is 9.57. The largest absolute Gasteiger partial charge is 0.490 e. The number of hydrogen-bond acceptors (Lipinski definition) is 7. The van der Waals surface area contributed by atoms with Gasteiger partial charge in [-0.3, -0.25) is 14.4 Å². The summed E-state index contributed by atoms with van der Waals surface area (Å²) in [7, 11) is 0. The van der Waals surface area contributed by atoms with Crippen molar-refractivity contribution in [2.45, 2.75) is 25.8 Å². The fraction of sp³-hybridized carbons (Fsp3) is 0.400. The minimum atomic E-state index is -0.869. The number of nitrogens with zero attached hydrogens (tertiary/aromatic N) is 1. The molecular weight excluding hydrogens is 438 g/mol. The van der Waals surface area contributed by atoms with Crippen LogP contribution in [0.1, 0.15) is 19.8 Å². The van der Waals surface area contributed by atoms with Gasteiger partial charge < -0.3 is 29.7 Å². The number of benzene rings is 2. The van der Waals surface area contributed by atoms with Gasteiger partial charge in [0.25, 0.3) is 0 Å². The molecule has 2 N–H and O–H groups in total. The van der Waals surface area contributed by atoms with Crippen LogP contribution in [0, 0.1) is 0 Å². The fourth-order valence-electron chi connectivity index (χ4n) is 3.46. The molecule has 9 nitrogen and oxygen atoms in total. The molecule has 2 amide bonds. The number of esters is 1. The van der Waals surface area contributed by atoms with Crippen LogP contribution in [0.3, 0.4) is 0 Å². The molecule has 1 aliphatic rings. The molecule has 3 rings (SSSR count). The van der Waals surface area contributed by atoms with Crippen molar-refractivity contribution in [3.05, 3.63) is 54.6 Å². The van der Waals surface area contributed by atoms with Crippen LogP contribution in [-0.4, -0.2) is 68.2 Å². The summed E-state index contributed by atoms with van der Waals surface area (Å²) >= 11 is 0. The summed E-state index contributed by atoms with van der Waals surface area (Å²) < 4.78 is 16.4. The smallest absolute Gasteiger partial charge is 0.308 e. The lowest BCUT2D eigenvalue weighted by Crippen LogP contribution is -2.58. The minimum Gasteiger partial charge on any atom is -0.490 e. The summed E-state index contributed by atoms with van der Waals surface area (Å²) in [6, 6.07) is 15.9. The van der Waals surface area contributed by atoms with Gasteiger partial charge in [-0.15, -0.1) is 0 Å². The number of amides is 2. The maximum absolute atomic E-state index is 12.8. The van der Waals surface area contributed by atoms with Crippen molar-refractivity contribution in [2.75, 3.05) is 44.8 Å². The maximum atomic E-state index is 12.8. The van der Waals surface area contributed by atoms with Crippen LogP contribution in [0.15, 0.2) is 54.6 Å². The molecule has 0 bridgehead atoms. The number of anilines is 1. The predicted molar refractivity (Wildman–Crippen MR) is 127 cm³/mol. The van der Waals surface area contributed by atoms with Crippen molar-refractivity contribution in [3.8, 4) is 11.5 Å². The number of para-hydroxylation sites is 1. The van der Waals surface area contributed by atoms with Crippen molar-refractivity contribution in [1.82, 2.24) is 10.2 Å². The van der Waals surface area contributed by atoms with E-state index in [4.69, 9.17) is 14.2 Å². The highest BCUT2D eigenvalue weighted by atomic mass is 16.5. The number of ether oxygens (including phenoxy) is 3. The average molecular weight is 470 g/mol. The van der Waals surface area contributed by atoms with E-state index in [1.165, 1.54) is 4.90 Å². The van der Waals surface area contributed by atoms with Gasteiger partial charge in [-0.1, -0.05) is 31.2 Å². The van der Waals surface area contributed by atoms with E-state index < -0.39 is 12.0 Å². The van der Waals surface area contributed by atoms with Gasteiger partial charge in [0.2, 0.25) is 11.8 Å². The summed E-state index contributed by atoms with van der Waals surface area (Å²) in [6.07, 6.45) is 0.532. The lowest BCUT2D eigenvalue weighted by Gasteiger charge is -2.34. The Hall–Kier alpha value is -3.75. The third-order valence-corrected chi connectivity index (χ3v) is 5.12. The molecule has 1 aliphatic heterocycles. The molecule has 1 unspecified atom stereocenters. The molecule has 0 radical (unpaired) electrons. The first-order valence-corrected chi connectivity index (χ1v) is 11.4. The molecule has 2 aromatic rings. The molecule has 0 saturated carbocycles. The lowest BCUT2D eigenvalue weighted by atomic mass is 10.1. The van der Waals surface area contributed by atoms with Gasteiger partial charge in [0, 0.05) is 24.8 Å². The topological polar surface area (TPSA) is 106 Å². The highest BCUT2D eigenvalue weighted by Crippen LogP contribution is 2.18. The molecule has 1 atom stereocenters. The molecule has 34 heavy (non-hydrogen) atoms. The first-order chi connectivity index (χ1) is 16.6. The van der Waals surface area contributed by atoms with Crippen LogP contribution in [0.25, 0.3) is 0 Å². The van der Waals surface area contributed by atoms with Crippen LogP contribution in [0.5, 0.6) is 11.5 Å². The van der Waals surface area contributed by atoms with Crippen molar-refractivity contribution in [2.24, 2.45) is 0 Å². The van der Waals surface area contributed by atoms with Crippen molar-refractivity contribution in [3.63, 3.8) is 0 Å². The fourth-order valence-corrected chi connectivity index (χ4v) is 3.46. The summed E-state index contributed by atoms with van der Waals surface area (Å²) in [5.41, 5.74) is 0.704. The Morgan fingerprint density at radius 3 is 2.53 bits per heavy atom. The summed E-state index contributed by atoms with van der Waals surface area (Å²) in [5, 5.41) is 5.78. The van der Waals surface area contributed by atoms with E-state index in [-0.39, 0.29) is 24.8 Å². The molecule has 0 spiro atoms. The van der Waals surface area contributed by atoms with E-state index in [2.05, 4.69) is 10.6 Å². The van der Waals surface area contributed by atoms with Gasteiger partial charge >= 0.3 is 5.97 Å². The van der Waals surface area contributed by atoms with E-state index in [1.54, 1.807) is 6.07 Å². The molecule has 0 aromatic heterocycles. The van der Waals surface area contributed by atoms with Gasteiger partial charge in [-0.2, -0.15) is 0 Å². The first kappa shape index (κ1) is 24.9. The Labute approximate surface area is 199 Å². The second-order valence-corrected chi connectivity index (χ2v) is 7.71. The van der Waals surface area contributed by atoms with Crippen LogP contribution >= 0.6 is 0 Å². The number of piperazine rings is 1. The third kappa shape index (κ3) is 7.68. The van der Waals surface area contributed by atoms with E-state index >= 15 is 0 Å². The zero-order valence-electron chi connectivity index (χ0n) is 19.3. The molecule has 1 fully saturated rings. The zero-order valence-corrected chi connectivity index (χ0v) is 19.3. The molecule has 1 saturated heterocycles. The summed E-state index contributed by atoms with van der Waals surface area (Å²) in [4.78, 5) is 38.6. The van der Waals surface area contributed by atoms with Gasteiger partial charge in [0.1, 0.15) is 30.8 Å². The zero-order chi connectivity index (χ0) is 24.2. The quantitative estimate of drug-likeness (QED) is 0.363. The number of rotatable bonds is 12. The average Bonchev–Trinajstić information content (AvgIpc) is 2.86. The van der Waals surface area contributed by atoms with E-state index in [0.29, 0.717) is 50.8 Å². The number of carbonyl (C=O) groups excluding carboxylic acids is 3. The Morgan fingerprint density at radius 2 is 1.76 bits per heavy atom. The van der Waals surface area contributed by atoms with Crippen molar-refractivity contribution >= 4 is 23.5 Å². The first-order valence-electron chi connectivity index (χ1n) is 11.4. The van der Waals surface area contributed by atoms with E-state index in [0.717, 1.165) is 5.75 Å². The van der Waals surface area contributed by atoms with E-state index in [1.807, 2.05) is 55.5 Å². The highest BCUT2D eigenvalue weighted by Gasteiger charge is 2.34. The summed E-state index contributed by atoms with van der Waals surface area (Å²) in [5.74, 6) is 0.314. The van der Waals surface area contributed by atoms with Crippen LogP contribution in [0.2, 0.25) is 0 Å². The van der Waals surface area contributed by atoms with E-state index in [9.17, 15) is 14.4 Å². The molecular formula is C25H31N3O6. The number of nitrogens with one attached hydrogen (secondary N) is 2. The normalized spacial score (nSPS) is 15.3. The maximum Gasteiger partial charge on any atom is 0.308 e. The monoisotopic (exact) mass is 469 g/mol. The Balaban J connectivity index is 1.48. The van der Waals surface area contributed by atoms with Gasteiger partial charge in [-0.25, -0.2) is 0 Å². The third-order valence-electron chi connectivity index (χ3n) is 5.12. The number of hydrogen-bond donors (Lipinski definition) is 2. The molecule has 2 aromatic carbocycles. The second-order valence-electron chi connectivity index (χ2n) is 7.71. The van der Waals surface area contributed by atoms with Crippen LogP contribution in [0.4, 0.5) is 5.69 Å². The molecule has 9 heteroatoms. The SMILES string of the molecule is CCCOC(=O)CC1C(=O)NCCN1C(=O)CNc1cccc(OCCOc2ccccc2)c1. The molecule has 1 heterocycles. The van der Waals surface area contributed by atoms with Crippen molar-refractivity contribution in [1.29, 1.82) is 0 Å². The predicted octanol–water partition coefficient (Wildman–Crippen LogP) is 2.23. The van der Waals surface area contributed by atoms with Gasteiger partial charge in [0.05, 0.1) is 19.6 Å². The lowest BCUT2D eigenvalue weighted by molar-refractivity contribution is -0.151. The van der Waals surface area contributed by atoms with Crippen LogP contribution < -0.4 is 20.1 Å². The Morgan fingerprint density at radius 1 is 1.03 bits per heavy atom. The van der Waals surface area contributed by atoms with Gasteiger partial charge in [-0.05, 0) is 30.7 Å². The highest BCUT2D eigenvalue weighted by molar-refractivity contribution is 5.93. The standard InChI is InChI=1S/C25H31N3O6/c1-2-13-34-24(30)17-22-25(31)26-11-12-28(22)23(29)18-27-19-7-6-10-21(16-19)33-15-14-32-20-8-4-3-5-9-20/h3-10,16,22,27H,2,11-15,17-18H2,1H3,(H,26,31). The summed E-state index contributed by atoms with van der Waals surface area (Å²) in [6.45, 7) is 3.62. The number of carbonyl (C=O) groups is 3. The van der Waals surface area contributed by atoms with Gasteiger partial charge in [0.15, 0.2) is 0 Å². The molecule has 0 aliphatic carbocycles. The minimum absolute atomic E-state index is 0.0195. The second kappa shape index (κ2) is 13.1.